The lowest BCUT2D eigenvalue weighted by Gasteiger charge is -2.04. The van der Waals surface area contributed by atoms with Crippen LogP contribution in [0, 0.1) is 0 Å². The Morgan fingerprint density at radius 1 is 0.857 bits per heavy atom. The summed E-state index contributed by atoms with van der Waals surface area (Å²) in [5.41, 5.74) is 5.16. The molecule has 0 bridgehead atoms. The van der Waals surface area contributed by atoms with E-state index in [-0.39, 0.29) is 11.8 Å². The molecule has 0 atom stereocenters. The second-order valence-electron chi connectivity index (χ2n) is 4.04. The van der Waals surface area contributed by atoms with Gasteiger partial charge >= 0.3 is 0 Å². The van der Waals surface area contributed by atoms with Gasteiger partial charge < -0.3 is 0 Å². The fourth-order valence-electron chi connectivity index (χ4n) is 1.50. The maximum atomic E-state index is 11.7. The third kappa shape index (κ3) is 5.16. The Morgan fingerprint density at radius 3 is 2.14 bits per heavy atom. The van der Waals surface area contributed by atoms with E-state index >= 15 is 0 Å². The van der Waals surface area contributed by atoms with E-state index in [1.54, 1.807) is 29.7 Å². The van der Waals surface area contributed by atoms with Crippen LogP contribution in [0.2, 0.25) is 0 Å². The lowest BCUT2D eigenvalue weighted by molar-refractivity contribution is -0.117. The molecule has 21 heavy (non-hydrogen) atoms. The summed E-state index contributed by atoms with van der Waals surface area (Å²) >= 11 is 1.43. The zero-order valence-electron chi connectivity index (χ0n) is 11.2. The minimum Gasteiger partial charge on any atom is -0.268 e. The van der Waals surface area contributed by atoms with E-state index in [1.165, 1.54) is 17.8 Å². The van der Waals surface area contributed by atoms with Gasteiger partial charge in [-0.15, -0.1) is 0 Å². The van der Waals surface area contributed by atoms with Gasteiger partial charge in [-0.25, -0.2) is 0 Å². The van der Waals surface area contributed by atoms with E-state index < -0.39 is 0 Å². The van der Waals surface area contributed by atoms with Gasteiger partial charge in [-0.1, -0.05) is 48.2 Å². The molecule has 2 aromatic rings. The highest BCUT2D eigenvalue weighted by Gasteiger charge is 2.04. The summed E-state index contributed by atoms with van der Waals surface area (Å²) in [6, 6.07) is 18.4. The van der Waals surface area contributed by atoms with E-state index in [0.29, 0.717) is 5.56 Å². The van der Waals surface area contributed by atoms with Crippen molar-refractivity contribution in [3.8, 4) is 0 Å². The summed E-state index contributed by atoms with van der Waals surface area (Å²) < 4.78 is 0. The first-order valence-electron chi connectivity index (χ1n) is 6.29. The number of thioether (sulfide) groups is 1. The van der Waals surface area contributed by atoms with Crippen molar-refractivity contribution in [2.24, 2.45) is 0 Å². The number of carbonyl (C=O) groups excluding carboxylic acids is 2. The van der Waals surface area contributed by atoms with E-state index in [0.717, 1.165) is 4.90 Å². The highest BCUT2D eigenvalue weighted by atomic mass is 32.2. The molecule has 0 aromatic heterocycles. The Bertz CT molecular complexity index is 627. The Morgan fingerprint density at radius 2 is 1.48 bits per heavy atom. The number of hydrazine groups is 1. The molecule has 2 rings (SSSR count). The van der Waals surface area contributed by atoms with E-state index in [4.69, 9.17) is 0 Å². The van der Waals surface area contributed by atoms with Crippen molar-refractivity contribution in [3.05, 3.63) is 77.7 Å². The topological polar surface area (TPSA) is 58.2 Å². The first-order valence-corrected chi connectivity index (χ1v) is 7.17. The summed E-state index contributed by atoms with van der Waals surface area (Å²) in [7, 11) is 0. The van der Waals surface area contributed by atoms with E-state index in [9.17, 15) is 9.59 Å². The molecular weight excluding hydrogens is 284 g/mol. The average molecular weight is 298 g/mol. The third-order valence-corrected chi connectivity index (χ3v) is 3.32. The zero-order chi connectivity index (χ0) is 14.9. The number of hydrogen-bond acceptors (Lipinski definition) is 3. The summed E-state index contributed by atoms with van der Waals surface area (Å²) in [6.07, 6.45) is 1.36. The number of benzene rings is 2. The number of amides is 2. The molecule has 0 aliphatic rings. The molecular formula is C16H14N2O2S. The van der Waals surface area contributed by atoms with E-state index in [2.05, 4.69) is 10.9 Å². The van der Waals surface area contributed by atoms with Gasteiger partial charge in [0.05, 0.1) is 0 Å². The van der Waals surface area contributed by atoms with Crippen LogP contribution in [0.25, 0.3) is 0 Å². The van der Waals surface area contributed by atoms with Crippen LogP contribution in [0.4, 0.5) is 0 Å². The minimum atomic E-state index is -0.386. The SMILES string of the molecule is O=C(/C=C/Sc1ccccc1)NNC(=O)c1ccccc1. The lowest BCUT2D eigenvalue weighted by atomic mass is 10.2. The van der Waals surface area contributed by atoms with Crippen LogP contribution < -0.4 is 10.9 Å². The largest absolute Gasteiger partial charge is 0.269 e. The molecule has 0 aliphatic carbocycles. The van der Waals surface area contributed by atoms with Crippen LogP contribution in [-0.4, -0.2) is 11.8 Å². The monoisotopic (exact) mass is 298 g/mol. The zero-order valence-corrected chi connectivity index (χ0v) is 12.0. The van der Waals surface area contributed by atoms with Crippen molar-refractivity contribution in [1.82, 2.24) is 10.9 Å². The van der Waals surface area contributed by atoms with Crippen LogP contribution >= 0.6 is 11.8 Å². The Hall–Kier alpha value is -2.53. The summed E-state index contributed by atoms with van der Waals surface area (Å²) in [6.45, 7) is 0. The normalized spacial score (nSPS) is 10.3. The molecule has 2 aromatic carbocycles. The van der Waals surface area contributed by atoms with Gasteiger partial charge in [0, 0.05) is 16.5 Å². The fourth-order valence-corrected chi connectivity index (χ4v) is 2.16. The number of nitrogens with one attached hydrogen (secondary N) is 2. The molecule has 0 radical (unpaired) electrons. The molecule has 5 heteroatoms. The Labute approximate surface area is 127 Å². The van der Waals surface area contributed by atoms with Crippen molar-refractivity contribution >= 4 is 23.6 Å². The van der Waals surface area contributed by atoms with Gasteiger partial charge in [-0.05, 0) is 29.7 Å². The van der Waals surface area contributed by atoms with Gasteiger partial charge in [0.1, 0.15) is 0 Å². The predicted octanol–water partition coefficient (Wildman–Crippen LogP) is 2.75. The number of hydrogen-bond donors (Lipinski definition) is 2. The highest BCUT2D eigenvalue weighted by Crippen LogP contribution is 2.17. The van der Waals surface area contributed by atoms with Crippen molar-refractivity contribution < 1.29 is 9.59 Å². The number of rotatable bonds is 4. The molecule has 0 spiro atoms. The fraction of sp³-hybridized carbons (Fsp3) is 0. The first kappa shape index (κ1) is 14.9. The standard InChI is InChI=1S/C16H14N2O2S/c19-15(11-12-21-14-9-5-2-6-10-14)17-18-16(20)13-7-3-1-4-8-13/h1-12H,(H,17,19)(H,18,20)/b12-11+. The van der Waals surface area contributed by atoms with Crippen molar-refractivity contribution in [1.29, 1.82) is 0 Å². The first-order chi connectivity index (χ1) is 10.3. The maximum Gasteiger partial charge on any atom is 0.269 e. The Kier molecular flexibility index (Phi) is 5.60. The van der Waals surface area contributed by atoms with Crippen LogP contribution in [0.3, 0.4) is 0 Å². The van der Waals surface area contributed by atoms with Gasteiger partial charge in [-0.3, -0.25) is 20.4 Å². The minimum absolute atomic E-state index is 0.354. The van der Waals surface area contributed by atoms with Crippen LogP contribution in [0.5, 0.6) is 0 Å². The molecule has 106 valence electrons. The lowest BCUT2D eigenvalue weighted by Crippen LogP contribution is -2.40. The molecule has 0 unspecified atom stereocenters. The summed E-state index contributed by atoms with van der Waals surface area (Å²) in [5.74, 6) is -0.740. The van der Waals surface area contributed by atoms with Crippen LogP contribution in [0.15, 0.2) is 77.0 Å². The second-order valence-corrected chi connectivity index (χ2v) is 5.02. The molecule has 0 aliphatic heterocycles. The van der Waals surface area contributed by atoms with Gasteiger partial charge in [0.25, 0.3) is 11.8 Å². The van der Waals surface area contributed by atoms with Crippen molar-refractivity contribution in [2.45, 2.75) is 4.90 Å². The molecule has 0 saturated carbocycles. The molecule has 2 amide bonds. The van der Waals surface area contributed by atoms with Crippen molar-refractivity contribution in [2.75, 3.05) is 0 Å². The van der Waals surface area contributed by atoms with Crippen LogP contribution in [-0.2, 0) is 4.79 Å². The maximum absolute atomic E-state index is 11.7. The van der Waals surface area contributed by atoms with E-state index in [1.807, 2.05) is 36.4 Å². The molecule has 4 nitrogen and oxygen atoms in total. The smallest absolute Gasteiger partial charge is 0.268 e. The molecule has 0 heterocycles. The average Bonchev–Trinajstić information content (AvgIpc) is 2.54. The second kappa shape index (κ2) is 7.91. The van der Waals surface area contributed by atoms with Gasteiger partial charge in [-0.2, -0.15) is 0 Å². The molecule has 0 fully saturated rings. The third-order valence-electron chi connectivity index (χ3n) is 2.50. The Balaban J connectivity index is 1.76. The highest BCUT2D eigenvalue weighted by molar-refractivity contribution is 8.02. The van der Waals surface area contributed by atoms with Crippen LogP contribution in [0.1, 0.15) is 10.4 Å². The summed E-state index contributed by atoms with van der Waals surface area (Å²) in [5, 5.41) is 1.67. The summed E-state index contributed by atoms with van der Waals surface area (Å²) in [4.78, 5) is 24.3. The van der Waals surface area contributed by atoms with Gasteiger partial charge in [0.15, 0.2) is 0 Å². The molecule has 0 saturated heterocycles. The number of carbonyl (C=O) groups is 2. The quantitative estimate of drug-likeness (QED) is 0.518. The van der Waals surface area contributed by atoms with Crippen molar-refractivity contribution in [3.63, 3.8) is 0 Å². The van der Waals surface area contributed by atoms with Gasteiger partial charge in [0.2, 0.25) is 0 Å². The predicted molar refractivity (Wildman–Crippen MR) is 83.5 cm³/mol. The molecule has 2 N–H and O–H groups in total.